The van der Waals surface area contributed by atoms with Crippen LogP contribution < -0.4 is 10.6 Å². The molecule has 1 aliphatic carbocycles. The summed E-state index contributed by atoms with van der Waals surface area (Å²) in [5.74, 6) is 0. The second-order valence-corrected chi connectivity index (χ2v) is 7.40. The van der Waals surface area contributed by atoms with E-state index >= 15 is 0 Å². The first kappa shape index (κ1) is 19.1. The molecule has 7 nitrogen and oxygen atoms in total. The summed E-state index contributed by atoms with van der Waals surface area (Å²) in [6.07, 6.45) is 6.29. The fraction of sp³-hybridized carbons (Fsp3) is 0.222. The van der Waals surface area contributed by atoms with Gasteiger partial charge in [0.25, 0.3) is 0 Å². The van der Waals surface area contributed by atoms with E-state index in [2.05, 4.69) is 15.6 Å². The van der Waals surface area contributed by atoms with Crippen LogP contribution in [0.15, 0.2) is 58.8 Å². The number of amides is 2. The Morgan fingerprint density at radius 3 is 2.96 bits per heavy atom. The predicted molar refractivity (Wildman–Crippen MR) is 106 cm³/mol. The van der Waals surface area contributed by atoms with Crippen LogP contribution in [0.3, 0.4) is 0 Å². The van der Waals surface area contributed by atoms with Gasteiger partial charge in [0.05, 0.1) is 27.5 Å². The maximum atomic E-state index is 12.2. The predicted octanol–water partition coefficient (Wildman–Crippen LogP) is 4.10. The highest BCUT2D eigenvalue weighted by molar-refractivity contribution is 7.18. The number of urea groups is 1. The van der Waals surface area contributed by atoms with Crippen LogP contribution in [0, 0.1) is 10.1 Å². The number of carbonyl (C=O) groups excluding carboxylic acids is 1. The summed E-state index contributed by atoms with van der Waals surface area (Å²) in [7, 11) is 0. The maximum Gasteiger partial charge on any atom is 0.319 e. The molecule has 0 spiro atoms. The number of fused-ring (bicyclic) bond motifs is 1. The fourth-order valence-electron chi connectivity index (χ4n) is 2.59. The van der Waals surface area contributed by atoms with Crippen molar-refractivity contribution in [2.45, 2.75) is 19.4 Å². The normalized spacial score (nSPS) is 20.3. The fourth-order valence-corrected chi connectivity index (χ4v) is 3.76. The first-order valence-corrected chi connectivity index (χ1v) is 9.47. The molecule has 0 aliphatic heterocycles. The molecule has 0 atom stereocenters. The minimum Gasteiger partial charge on any atom is -0.331 e. The number of nitrogens with one attached hydrogen (secondary N) is 2. The van der Waals surface area contributed by atoms with Crippen molar-refractivity contribution in [2.24, 2.45) is 0 Å². The number of allylic oxidation sites excluding steroid dienone is 4. The van der Waals surface area contributed by atoms with Crippen molar-refractivity contribution < 1.29 is 9.72 Å². The average Bonchev–Trinajstić information content (AvgIpc) is 3.03. The van der Waals surface area contributed by atoms with E-state index in [1.54, 1.807) is 12.2 Å². The molecular weight excluding hydrogens is 388 g/mol. The van der Waals surface area contributed by atoms with E-state index in [1.165, 1.54) is 11.3 Å². The monoisotopic (exact) mass is 404 g/mol. The van der Waals surface area contributed by atoms with E-state index in [9.17, 15) is 14.9 Å². The molecule has 0 radical (unpaired) electrons. The quantitative estimate of drug-likeness (QED) is 0.579. The zero-order valence-electron chi connectivity index (χ0n) is 14.3. The Morgan fingerprint density at radius 1 is 1.37 bits per heavy atom. The maximum absolute atomic E-state index is 12.2. The number of hydrogen-bond donors (Lipinski definition) is 2. The van der Waals surface area contributed by atoms with E-state index in [-0.39, 0.29) is 16.5 Å². The summed E-state index contributed by atoms with van der Waals surface area (Å²) in [5.41, 5.74) is 1.92. The molecule has 0 saturated carbocycles. The van der Waals surface area contributed by atoms with Gasteiger partial charge in [0, 0.05) is 10.5 Å². The van der Waals surface area contributed by atoms with Crippen molar-refractivity contribution in [1.82, 2.24) is 15.6 Å². The topological polar surface area (TPSA) is 97.2 Å². The Labute approximate surface area is 164 Å². The van der Waals surface area contributed by atoms with Gasteiger partial charge in [-0.1, -0.05) is 29.8 Å². The Kier molecular flexibility index (Phi) is 6.20. The van der Waals surface area contributed by atoms with Crippen molar-refractivity contribution in [3.63, 3.8) is 0 Å². The lowest BCUT2D eigenvalue weighted by molar-refractivity contribution is -0.471. The van der Waals surface area contributed by atoms with Crippen LogP contribution in [0.2, 0.25) is 0 Å². The van der Waals surface area contributed by atoms with Gasteiger partial charge in [0.1, 0.15) is 5.01 Å². The van der Waals surface area contributed by atoms with Crippen molar-refractivity contribution in [3.8, 4) is 0 Å². The third-order valence-electron chi connectivity index (χ3n) is 3.82. The lowest BCUT2D eigenvalue weighted by Crippen LogP contribution is -2.34. The molecule has 1 aromatic carbocycles. The number of rotatable bonds is 5. The van der Waals surface area contributed by atoms with Gasteiger partial charge in [-0.25, -0.2) is 9.78 Å². The number of para-hydroxylation sites is 1. The van der Waals surface area contributed by atoms with Gasteiger partial charge >= 0.3 is 6.03 Å². The second kappa shape index (κ2) is 8.79. The van der Waals surface area contributed by atoms with Crippen LogP contribution in [0.5, 0.6) is 0 Å². The first-order valence-electron chi connectivity index (χ1n) is 8.28. The highest BCUT2D eigenvalue weighted by Crippen LogP contribution is 2.22. The highest BCUT2D eigenvalue weighted by Gasteiger charge is 2.12. The number of nitro groups is 1. The Hall–Kier alpha value is -2.71. The summed E-state index contributed by atoms with van der Waals surface area (Å²) in [5, 5.41) is 17.2. The molecule has 9 heteroatoms. The number of carbonyl (C=O) groups is 1. The SMILES string of the molecule is O=C(NCc1nc2ccccc2s1)NC1=C(Cl)/C=C(/C[N+](=O)[O-])CC/C=C\1. The van der Waals surface area contributed by atoms with Crippen molar-refractivity contribution in [3.05, 3.63) is 73.9 Å². The molecule has 1 aromatic heterocycles. The summed E-state index contributed by atoms with van der Waals surface area (Å²) in [4.78, 5) is 27.0. The number of aromatic nitrogens is 1. The Morgan fingerprint density at radius 2 is 2.19 bits per heavy atom. The summed E-state index contributed by atoms with van der Waals surface area (Å²) in [6.45, 7) is 0.0311. The zero-order valence-corrected chi connectivity index (χ0v) is 15.8. The van der Waals surface area contributed by atoms with Crippen molar-refractivity contribution >= 4 is 39.2 Å². The van der Waals surface area contributed by atoms with E-state index in [4.69, 9.17) is 11.6 Å². The molecule has 0 fully saturated rings. The van der Waals surface area contributed by atoms with Gasteiger partial charge < -0.3 is 10.6 Å². The molecule has 2 aromatic rings. The first-order chi connectivity index (χ1) is 13.0. The van der Waals surface area contributed by atoms with Crippen molar-refractivity contribution in [1.29, 1.82) is 0 Å². The lowest BCUT2D eigenvalue weighted by atomic mass is 10.1. The van der Waals surface area contributed by atoms with Crippen LogP contribution in [-0.4, -0.2) is 22.5 Å². The van der Waals surface area contributed by atoms with E-state index in [1.807, 2.05) is 30.3 Å². The van der Waals surface area contributed by atoms with E-state index in [0.29, 0.717) is 30.7 Å². The minimum atomic E-state index is -0.420. The summed E-state index contributed by atoms with van der Waals surface area (Å²) in [6, 6.07) is 7.35. The smallest absolute Gasteiger partial charge is 0.319 e. The minimum absolute atomic E-state index is 0.262. The van der Waals surface area contributed by atoms with Gasteiger partial charge in [0.15, 0.2) is 0 Å². The molecule has 2 amide bonds. The number of halogens is 1. The van der Waals surface area contributed by atoms with Gasteiger partial charge in [-0.05, 0) is 37.1 Å². The number of nitrogens with zero attached hydrogens (tertiary/aromatic N) is 2. The molecular formula is C18H17ClN4O3S. The van der Waals surface area contributed by atoms with Crippen molar-refractivity contribution in [2.75, 3.05) is 6.54 Å². The molecule has 1 heterocycles. The molecule has 2 N–H and O–H groups in total. The Balaban J connectivity index is 1.64. The third-order valence-corrected chi connectivity index (χ3v) is 5.17. The number of benzene rings is 1. The average molecular weight is 405 g/mol. The molecule has 1 aliphatic rings. The molecule has 0 saturated heterocycles. The zero-order chi connectivity index (χ0) is 19.2. The molecule has 0 bridgehead atoms. The number of hydrogen-bond acceptors (Lipinski definition) is 5. The van der Waals surface area contributed by atoms with Crippen LogP contribution >= 0.6 is 22.9 Å². The second-order valence-electron chi connectivity index (χ2n) is 5.88. The molecule has 140 valence electrons. The molecule has 27 heavy (non-hydrogen) atoms. The highest BCUT2D eigenvalue weighted by atomic mass is 35.5. The van der Waals surface area contributed by atoms with E-state index < -0.39 is 6.03 Å². The molecule has 3 rings (SSSR count). The summed E-state index contributed by atoms with van der Waals surface area (Å²) >= 11 is 7.75. The lowest BCUT2D eigenvalue weighted by Gasteiger charge is -2.11. The Bertz CT molecular complexity index is 931. The van der Waals surface area contributed by atoms with E-state index in [0.717, 1.165) is 15.2 Å². The van der Waals surface area contributed by atoms with Gasteiger partial charge in [-0.3, -0.25) is 10.1 Å². The third kappa shape index (κ3) is 5.38. The summed E-state index contributed by atoms with van der Waals surface area (Å²) < 4.78 is 1.06. The van der Waals surface area contributed by atoms with Crippen LogP contribution in [0.1, 0.15) is 17.8 Å². The standard InChI is InChI=1S/C18H17ClN4O3S/c19-13-9-12(11-23(25)26)5-1-2-6-14(13)22-18(24)20-10-17-21-15-7-3-4-8-16(15)27-17/h2-4,6-9H,1,5,10-11H2,(H2,20,22,24)/b6-2-,12-9+,14-13-. The largest absolute Gasteiger partial charge is 0.331 e. The van der Waals surface area contributed by atoms with Gasteiger partial charge in [0.2, 0.25) is 6.54 Å². The number of thiazole rings is 1. The van der Waals surface area contributed by atoms with Gasteiger partial charge in [-0.15, -0.1) is 11.3 Å². The van der Waals surface area contributed by atoms with Crippen LogP contribution in [0.4, 0.5) is 4.79 Å². The van der Waals surface area contributed by atoms with Crippen LogP contribution in [-0.2, 0) is 6.54 Å². The van der Waals surface area contributed by atoms with Crippen LogP contribution in [0.25, 0.3) is 10.2 Å². The molecule has 0 unspecified atom stereocenters. The van der Waals surface area contributed by atoms with Gasteiger partial charge in [-0.2, -0.15) is 0 Å².